The summed E-state index contributed by atoms with van der Waals surface area (Å²) in [6.07, 6.45) is 0. The molecule has 1 atom stereocenters. The Balaban J connectivity index is 2.12. The van der Waals surface area contributed by atoms with E-state index in [1.54, 1.807) is 0 Å². The molecule has 1 fully saturated rings. The topological polar surface area (TPSA) is 55.6 Å². The molecule has 0 unspecified atom stereocenters. The third-order valence-corrected chi connectivity index (χ3v) is 3.07. The molecule has 1 aromatic rings. The zero-order valence-electron chi connectivity index (χ0n) is 10.1. The second-order valence-electron chi connectivity index (χ2n) is 4.32. The van der Waals surface area contributed by atoms with Gasteiger partial charge in [-0.15, -0.1) is 0 Å². The quantitative estimate of drug-likeness (QED) is 0.830. The summed E-state index contributed by atoms with van der Waals surface area (Å²) in [5.74, 6) is 0.0735. The number of benzene rings is 1. The number of nitrogens with zero attached hydrogens (tertiary/aromatic N) is 1. The van der Waals surface area contributed by atoms with Gasteiger partial charge in [-0.1, -0.05) is 12.1 Å². The first-order valence-electron chi connectivity index (χ1n) is 5.90. The van der Waals surface area contributed by atoms with Gasteiger partial charge in [-0.05, 0) is 24.6 Å². The minimum atomic E-state index is 0.0735. The van der Waals surface area contributed by atoms with E-state index in [2.05, 4.69) is 0 Å². The van der Waals surface area contributed by atoms with E-state index in [1.807, 2.05) is 36.1 Å². The van der Waals surface area contributed by atoms with E-state index < -0.39 is 0 Å². The van der Waals surface area contributed by atoms with Crippen molar-refractivity contribution < 1.29 is 9.53 Å². The molecule has 2 N–H and O–H groups in total. The van der Waals surface area contributed by atoms with Crippen molar-refractivity contribution in [3.05, 3.63) is 35.4 Å². The molecule has 0 bridgehead atoms. The van der Waals surface area contributed by atoms with E-state index >= 15 is 0 Å². The van der Waals surface area contributed by atoms with Crippen molar-refractivity contribution in [2.24, 2.45) is 5.73 Å². The van der Waals surface area contributed by atoms with Crippen molar-refractivity contribution in [2.45, 2.75) is 19.5 Å². The van der Waals surface area contributed by atoms with E-state index in [0.717, 1.165) is 11.1 Å². The molecule has 17 heavy (non-hydrogen) atoms. The van der Waals surface area contributed by atoms with Gasteiger partial charge in [-0.3, -0.25) is 4.79 Å². The number of morpholine rings is 1. The third kappa shape index (κ3) is 2.65. The maximum atomic E-state index is 12.2. The Bertz CT molecular complexity index is 389. The van der Waals surface area contributed by atoms with Crippen molar-refractivity contribution in [3.63, 3.8) is 0 Å². The highest BCUT2D eigenvalue weighted by Gasteiger charge is 2.24. The Morgan fingerprint density at radius 3 is 2.76 bits per heavy atom. The molecule has 4 heteroatoms. The molecule has 1 aromatic carbocycles. The van der Waals surface area contributed by atoms with Crippen LogP contribution in [-0.2, 0) is 11.3 Å². The molecular formula is C13H18N2O2. The van der Waals surface area contributed by atoms with Gasteiger partial charge >= 0.3 is 0 Å². The lowest BCUT2D eigenvalue weighted by atomic mass is 10.1. The van der Waals surface area contributed by atoms with Crippen LogP contribution in [0.1, 0.15) is 22.8 Å². The zero-order chi connectivity index (χ0) is 12.3. The summed E-state index contributed by atoms with van der Waals surface area (Å²) >= 11 is 0. The Hall–Kier alpha value is -1.39. The summed E-state index contributed by atoms with van der Waals surface area (Å²) < 4.78 is 5.32. The van der Waals surface area contributed by atoms with Crippen molar-refractivity contribution in [2.75, 3.05) is 19.8 Å². The minimum absolute atomic E-state index is 0.0735. The number of carbonyl (C=O) groups excluding carboxylic acids is 1. The number of amides is 1. The summed E-state index contributed by atoms with van der Waals surface area (Å²) in [4.78, 5) is 14.1. The summed E-state index contributed by atoms with van der Waals surface area (Å²) in [6.45, 7) is 4.41. The van der Waals surface area contributed by atoms with Crippen LogP contribution in [0.2, 0.25) is 0 Å². The molecule has 0 spiro atoms. The fraction of sp³-hybridized carbons (Fsp3) is 0.462. The predicted octanol–water partition coefficient (Wildman–Crippen LogP) is 1.01. The van der Waals surface area contributed by atoms with Gasteiger partial charge in [0.15, 0.2) is 0 Å². The van der Waals surface area contributed by atoms with Crippen LogP contribution in [0, 0.1) is 0 Å². The van der Waals surface area contributed by atoms with Crippen molar-refractivity contribution in [3.8, 4) is 0 Å². The van der Waals surface area contributed by atoms with Crippen LogP contribution in [0.3, 0.4) is 0 Å². The lowest BCUT2D eigenvalue weighted by Crippen LogP contribution is -2.47. The molecule has 1 aliphatic rings. The molecule has 1 amide bonds. The highest BCUT2D eigenvalue weighted by atomic mass is 16.5. The number of ether oxygens (including phenoxy) is 1. The molecule has 92 valence electrons. The molecule has 1 aliphatic heterocycles. The Kier molecular flexibility index (Phi) is 3.76. The van der Waals surface area contributed by atoms with Gasteiger partial charge in [0.2, 0.25) is 0 Å². The molecule has 1 heterocycles. The second-order valence-corrected chi connectivity index (χ2v) is 4.32. The molecule has 0 radical (unpaired) electrons. The fourth-order valence-corrected chi connectivity index (χ4v) is 1.98. The van der Waals surface area contributed by atoms with Gasteiger partial charge in [0.25, 0.3) is 5.91 Å². The highest BCUT2D eigenvalue weighted by Crippen LogP contribution is 2.13. The zero-order valence-corrected chi connectivity index (χ0v) is 10.1. The number of nitrogens with two attached hydrogens (primary N) is 1. The lowest BCUT2D eigenvalue weighted by Gasteiger charge is -2.33. The van der Waals surface area contributed by atoms with Gasteiger partial charge in [0.1, 0.15) is 0 Å². The Morgan fingerprint density at radius 2 is 2.18 bits per heavy atom. The molecular weight excluding hydrogens is 216 g/mol. The normalized spacial score (nSPS) is 20.4. The van der Waals surface area contributed by atoms with Crippen LogP contribution in [0.5, 0.6) is 0 Å². The fourth-order valence-electron chi connectivity index (χ4n) is 1.98. The Labute approximate surface area is 101 Å². The van der Waals surface area contributed by atoms with Crippen LogP contribution in [0.4, 0.5) is 0 Å². The van der Waals surface area contributed by atoms with Crippen LogP contribution in [-0.4, -0.2) is 36.6 Å². The summed E-state index contributed by atoms with van der Waals surface area (Å²) in [5, 5.41) is 0. The van der Waals surface area contributed by atoms with E-state index in [4.69, 9.17) is 10.5 Å². The molecule has 1 saturated heterocycles. The van der Waals surface area contributed by atoms with Crippen molar-refractivity contribution >= 4 is 5.91 Å². The van der Waals surface area contributed by atoms with E-state index in [0.29, 0.717) is 26.3 Å². The number of hydrogen-bond acceptors (Lipinski definition) is 3. The van der Waals surface area contributed by atoms with Crippen LogP contribution in [0.25, 0.3) is 0 Å². The molecule has 2 rings (SSSR count). The van der Waals surface area contributed by atoms with E-state index in [9.17, 15) is 4.79 Å². The van der Waals surface area contributed by atoms with Gasteiger partial charge in [-0.25, -0.2) is 0 Å². The first-order valence-corrected chi connectivity index (χ1v) is 5.90. The summed E-state index contributed by atoms with van der Waals surface area (Å²) in [5.41, 5.74) is 7.29. The monoisotopic (exact) mass is 234 g/mol. The molecule has 4 nitrogen and oxygen atoms in total. The van der Waals surface area contributed by atoms with Crippen molar-refractivity contribution in [1.82, 2.24) is 4.90 Å². The van der Waals surface area contributed by atoms with Gasteiger partial charge in [-0.2, -0.15) is 0 Å². The average molecular weight is 234 g/mol. The number of hydrogen-bond donors (Lipinski definition) is 1. The average Bonchev–Trinajstić information content (AvgIpc) is 2.39. The highest BCUT2D eigenvalue weighted by molar-refractivity contribution is 5.94. The van der Waals surface area contributed by atoms with Crippen LogP contribution >= 0.6 is 0 Å². The minimum Gasteiger partial charge on any atom is -0.377 e. The van der Waals surface area contributed by atoms with Gasteiger partial charge < -0.3 is 15.4 Å². The van der Waals surface area contributed by atoms with E-state index in [-0.39, 0.29) is 11.9 Å². The molecule has 0 saturated carbocycles. The predicted molar refractivity (Wildman–Crippen MR) is 65.7 cm³/mol. The smallest absolute Gasteiger partial charge is 0.254 e. The third-order valence-electron chi connectivity index (χ3n) is 3.07. The maximum Gasteiger partial charge on any atom is 0.254 e. The number of carbonyl (C=O) groups is 1. The second kappa shape index (κ2) is 5.29. The Morgan fingerprint density at radius 1 is 1.47 bits per heavy atom. The lowest BCUT2D eigenvalue weighted by molar-refractivity contribution is 0.00359. The molecule has 0 aliphatic carbocycles. The van der Waals surface area contributed by atoms with Crippen LogP contribution < -0.4 is 5.73 Å². The first-order chi connectivity index (χ1) is 8.22. The largest absolute Gasteiger partial charge is 0.377 e. The summed E-state index contributed by atoms with van der Waals surface area (Å²) in [6, 6.07) is 7.63. The maximum absolute atomic E-state index is 12.2. The van der Waals surface area contributed by atoms with Gasteiger partial charge in [0.05, 0.1) is 19.3 Å². The standard InChI is InChI=1S/C13H18N2O2/c1-10-9-17-7-6-15(10)13(16)12-4-2-11(8-14)3-5-12/h2-5,10H,6-9,14H2,1H3/t10-/m1/s1. The first kappa shape index (κ1) is 12.1. The SMILES string of the molecule is C[C@@H]1COCCN1C(=O)c1ccc(CN)cc1. The van der Waals surface area contributed by atoms with Gasteiger partial charge in [0, 0.05) is 18.7 Å². The number of rotatable bonds is 2. The summed E-state index contributed by atoms with van der Waals surface area (Å²) in [7, 11) is 0. The molecule has 0 aromatic heterocycles. The van der Waals surface area contributed by atoms with Crippen molar-refractivity contribution in [1.29, 1.82) is 0 Å². The van der Waals surface area contributed by atoms with Crippen LogP contribution in [0.15, 0.2) is 24.3 Å². The van der Waals surface area contributed by atoms with E-state index in [1.165, 1.54) is 0 Å².